The SMILES string of the molecule is CN(C)c1nc(C2CCCN(C(=O)c3cccnc3)C2)cn2cccc12. The number of nitrogens with zero attached hydrogens (tertiary/aromatic N) is 5. The summed E-state index contributed by atoms with van der Waals surface area (Å²) >= 11 is 0. The maximum absolute atomic E-state index is 12.8. The Bertz CT molecular complexity index is 918. The zero-order chi connectivity index (χ0) is 18.1. The second-order valence-corrected chi connectivity index (χ2v) is 7.02. The molecule has 1 amide bonds. The molecule has 4 rings (SSSR count). The van der Waals surface area contributed by atoms with Crippen LogP contribution in [0.5, 0.6) is 0 Å². The lowest BCUT2D eigenvalue weighted by Crippen LogP contribution is -2.39. The number of fused-ring (bicyclic) bond motifs is 1. The molecule has 0 aromatic carbocycles. The van der Waals surface area contributed by atoms with Gasteiger partial charge in [0.25, 0.3) is 5.91 Å². The largest absolute Gasteiger partial charge is 0.361 e. The van der Waals surface area contributed by atoms with Gasteiger partial charge in [-0.05, 0) is 37.1 Å². The van der Waals surface area contributed by atoms with Crippen molar-refractivity contribution in [2.45, 2.75) is 18.8 Å². The van der Waals surface area contributed by atoms with Gasteiger partial charge >= 0.3 is 0 Å². The fourth-order valence-electron chi connectivity index (χ4n) is 3.65. The Hall–Kier alpha value is -2.89. The molecule has 0 spiro atoms. The van der Waals surface area contributed by atoms with Crippen molar-refractivity contribution in [3.8, 4) is 0 Å². The van der Waals surface area contributed by atoms with Gasteiger partial charge < -0.3 is 14.2 Å². The molecule has 3 aromatic heterocycles. The van der Waals surface area contributed by atoms with Crippen LogP contribution >= 0.6 is 0 Å². The summed E-state index contributed by atoms with van der Waals surface area (Å²) in [6, 6.07) is 7.74. The van der Waals surface area contributed by atoms with Crippen molar-refractivity contribution in [1.82, 2.24) is 19.3 Å². The zero-order valence-electron chi connectivity index (χ0n) is 15.2. The van der Waals surface area contributed by atoms with Crippen LogP contribution in [-0.4, -0.2) is 52.4 Å². The van der Waals surface area contributed by atoms with Crippen LogP contribution in [-0.2, 0) is 0 Å². The number of hydrogen-bond donors (Lipinski definition) is 0. The van der Waals surface area contributed by atoms with E-state index in [1.807, 2.05) is 36.0 Å². The van der Waals surface area contributed by atoms with Crippen molar-refractivity contribution in [2.75, 3.05) is 32.1 Å². The van der Waals surface area contributed by atoms with Gasteiger partial charge in [-0.25, -0.2) is 4.98 Å². The first-order valence-corrected chi connectivity index (χ1v) is 8.98. The molecule has 6 heteroatoms. The molecule has 1 aliphatic rings. The second-order valence-electron chi connectivity index (χ2n) is 7.02. The molecule has 0 bridgehead atoms. The van der Waals surface area contributed by atoms with Crippen LogP contribution in [0.3, 0.4) is 0 Å². The highest BCUT2D eigenvalue weighted by atomic mass is 16.2. The maximum atomic E-state index is 12.8. The normalized spacial score (nSPS) is 17.5. The number of anilines is 1. The van der Waals surface area contributed by atoms with Gasteiger partial charge in [-0.1, -0.05) is 0 Å². The molecule has 3 aromatic rings. The molecule has 1 fully saturated rings. The van der Waals surface area contributed by atoms with E-state index in [4.69, 9.17) is 4.98 Å². The van der Waals surface area contributed by atoms with Crippen molar-refractivity contribution in [2.24, 2.45) is 0 Å². The number of hydrogen-bond acceptors (Lipinski definition) is 4. The minimum absolute atomic E-state index is 0.0534. The summed E-state index contributed by atoms with van der Waals surface area (Å²) in [5.41, 5.74) is 2.79. The van der Waals surface area contributed by atoms with Crippen LogP contribution < -0.4 is 4.90 Å². The van der Waals surface area contributed by atoms with Crippen LogP contribution in [0, 0.1) is 0 Å². The van der Waals surface area contributed by atoms with Crippen LogP contribution in [0.15, 0.2) is 49.1 Å². The molecule has 4 heterocycles. The smallest absolute Gasteiger partial charge is 0.255 e. The standard InChI is InChI=1S/C20H23N5O/c1-23(2)19-18-8-5-10-24(18)14-17(22-19)16-7-4-11-25(13-16)20(26)15-6-3-9-21-12-15/h3,5-6,8-10,12,14,16H,4,7,11,13H2,1-2H3. The molecule has 1 aliphatic heterocycles. The lowest BCUT2D eigenvalue weighted by Gasteiger charge is -2.33. The number of rotatable bonds is 3. The first-order chi connectivity index (χ1) is 12.6. The molecule has 0 N–H and O–H groups in total. The van der Waals surface area contributed by atoms with Gasteiger partial charge in [0.2, 0.25) is 0 Å². The van der Waals surface area contributed by atoms with Gasteiger partial charge in [0.15, 0.2) is 5.82 Å². The Balaban J connectivity index is 1.62. The summed E-state index contributed by atoms with van der Waals surface area (Å²) in [4.78, 5) is 25.7. The van der Waals surface area contributed by atoms with Crippen molar-refractivity contribution in [1.29, 1.82) is 0 Å². The van der Waals surface area contributed by atoms with Gasteiger partial charge in [-0.15, -0.1) is 0 Å². The predicted molar refractivity (Wildman–Crippen MR) is 102 cm³/mol. The molecule has 1 atom stereocenters. The number of piperidine rings is 1. The number of likely N-dealkylation sites (tertiary alicyclic amines) is 1. The Morgan fingerprint density at radius 1 is 1.27 bits per heavy atom. The minimum Gasteiger partial charge on any atom is -0.361 e. The van der Waals surface area contributed by atoms with Gasteiger partial charge in [-0.3, -0.25) is 9.78 Å². The lowest BCUT2D eigenvalue weighted by atomic mass is 9.94. The second kappa shape index (κ2) is 6.78. The molecule has 26 heavy (non-hydrogen) atoms. The number of carbonyl (C=O) groups is 1. The topological polar surface area (TPSA) is 53.7 Å². The van der Waals surface area contributed by atoms with Gasteiger partial charge in [0.1, 0.15) is 0 Å². The highest BCUT2D eigenvalue weighted by molar-refractivity contribution is 5.94. The van der Waals surface area contributed by atoms with E-state index < -0.39 is 0 Å². The number of carbonyl (C=O) groups excluding carboxylic acids is 1. The summed E-state index contributed by atoms with van der Waals surface area (Å²) < 4.78 is 2.12. The van der Waals surface area contributed by atoms with E-state index in [0.717, 1.165) is 36.4 Å². The third-order valence-electron chi connectivity index (χ3n) is 4.97. The quantitative estimate of drug-likeness (QED) is 0.730. The third-order valence-corrected chi connectivity index (χ3v) is 4.97. The molecule has 1 saturated heterocycles. The monoisotopic (exact) mass is 349 g/mol. The number of aromatic nitrogens is 3. The fourth-order valence-corrected chi connectivity index (χ4v) is 3.65. The molecule has 134 valence electrons. The van der Waals surface area contributed by atoms with Gasteiger partial charge in [0.05, 0.1) is 16.8 Å². The molecular formula is C20H23N5O. The van der Waals surface area contributed by atoms with Crippen LogP contribution in [0.2, 0.25) is 0 Å². The third kappa shape index (κ3) is 3.03. The van der Waals surface area contributed by atoms with E-state index in [2.05, 4.69) is 27.8 Å². The molecule has 1 unspecified atom stereocenters. The van der Waals surface area contributed by atoms with Gasteiger partial charge in [-0.2, -0.15) is 0 Å². The Kier molecular flexibility index (Phi) is 4.32. The van der Waals surface area contributed by atoms with E-state index in [1.54, 1.807) is 18.5 Å². The molecular weight excluding hydrogens is 326 g/mol. The summed E-state index contributed by atoms with van der Waals surface area (Å²) in [6.07, 6.45) is 9.51. The highest BCUT2D eigenvalue weighted by Gasteiger charge is 2.27. The van der Waals surface area contributed by atoms with Crippen LogP contribution in [0.25, 0.3) is 5.52 Å². The average Bonchev–Trinajstić information content (AvgIpc) is 3.16. The first-order valence-electron chi connectivity index (χ1n) is 8.98. The number of amides is 1. The highest BCUT2D eigenvalue weighted by Crippen LogP contribution is 2.29. The Morgan fingerprint density at radius 3 is 2.92 bits per heavy atom. The van der Waals surface area contributed by atoms with E-state index >= 15 is 0 Å². The summed E-state index contributed by atoms with van der Waals surface area (Å²) in [5.74, 6) is 1.26. The predicted octanol–water partition coefficient (Wildman–Crippen LogP) is 2.82. The van der Waals surface area contributed by atoms with Crippen LogP contribution in [0.1, 0.15) is 34.8 Å². The van der Waals surface area contributed by atoms with Crippen molar-refractivity contribution >= 4 is 17.2 Å². The van der Waals surface area contributed by atoms with Crippen molar-refractivity contribution in [3.63, 3.8) is 0 Å². The first kappa shape index (κ1) is 16.6. The van der Waals surface area contributed by atoms with E-state index in [9.17, 15) is 4.79 Å². The minimum atomic E-state index is 0.0534. The van der Waals surface area contributed by atoms with E-state index in [1.165, 1.54) is 0 Å². The molecule has 0 saturated carbocycles. The average molecular weight is 349 g/mol. The molecule has 0 aliphatic carbocycles. The molecule has 6 nitrogen and oxygen atoms in total. The van der Waals surface area contributed by atoms with Crippen molar-refractivity contribution < 1.29 is 4.79 Å². The lowest BCUT2D eigenvalue weighted by molar-refractivity contribution is 0.0705. The van der Waals surface area contributed by atoms with E-state index in [-0.39, 0.29) is 11.8 Å². The Labute approximate surface area is 153 Å². The van der Waals surface area contributed by atoms with E-state index in [0.29, 0.717) is 12.1 Å². The molecule has 0 radical (unpaired) electrons. The summed E-state index contributed by atoms with van der Waals surface area (Å²) in [5, 5.41) is 0. The maximum Gasteiger partial charge on any atom is 0.255 e. The summed E-state index contributed by atoms with van der Waals surface area (Å²) in [6.45, 7) is 1.48. The van der Waals surface area contributed by atoms with Crippen LogP contribution in [0.4, 0.5) is 5.82 Å². The fraction of sp³-hybridized carbons (Fsp3) is 0.350. The summed E-state index contributed by atoms with van der Waals surface area (Å²) in [7, 11) is 4.02. The Morgan fingerprint density at radius 2 is 2.15 bits per heavy atom. The van der Waals surface area contributed by atoms with Crippen molar-refractivity contribution in [3.05, 3.63) is 60.3 Å². The zero-order valence-corrected chi connectivity index (χ0v) is 15.2. The number of pyridine rings is 1. The van der Waals surface area contributed by atoms with Gasteiger partial charge in [0, 0.05) is 57.9 Å².